The largest absolute Gasteiger partial charge is 0.383 e. The molecule has 0 aliphatic rings. The Hall–Kier alpha value is -3.52. The second-order valence-electron chi connectivity index (χ2n) is 7.68. The number of hydrogen-bond acceptors (Lipinski definition) is 5. The van der Waals surface area contributed by atoms with Gasteiger partial charge >= 0.3 is 5.69 Å². The quantitative estimate of drug-likeness (QED) is 0.419. The number of unbranched alkanes of at least 4 members (excludes halogenated alkanes) is 1. The summed E-state index contributed by atoms with van der Waals surface area (Å²) in [6, 6.07) is 16.5. The average molecular weight is 470 g/mol. The molecule has 8 nitrogen and oxygen atoms in total. The highest BCUT2D eigenvalue weighted by atomic mass is 35.5. The molecular formula is C24H28ClN5O3. The number of carbonyl (C=O) groups is 1. The smallest absolute Gasteiger partial charge is 0.330 e. The van der Waals surface area contributed by atoms with Gasteiger partial charge in [0.25, 0.3) is 5.56 Å². The van der Waals surface area contributed by atoms with E-state index in [4.69, 9.17) is 17.3 Å². The highest BCUT2D eigenvalue weighted by Gasteiger charge is 2.20. The van der Waals surface area contributed by atoms with Crippen molar-refractivity contribution in [2.45, 2.75) is 39.3 Å². The maximum Gasteiger partial charge on any atom is 0.330 e. The number of hydrogen-bond donors (Lipinski definition) is 3. The third-order valence-electron chi connectivity index (χ3n) is 5.24. The SMILES string of the molecule is CCCCn1c(N)c(N(CCC(=O)Nc2ccccc2Cl)Cc2ccccc2)c(=O)[nH]c1=O. The number of H-pyrrole nitrogens is 1. The van der Waals surface area contributed by atoms with Gasteiger partial charge in [0.05, 0.1) is 10.7 Å². The van der Waals surface area contributed by atoms with Crippen molar-refractivity contribution in [3.8, 4) is 0 Å². The third-order valence-corrected chi connectivity index (χ3v) is 5.57. The van der Waals surface area contributed by atoms with Gasteiger partial charge in [0.1, 0.15) is 11.5 Å². The lowest BCUT2D eigenvalue weighted by atomic mass is 10.2. The van der Waals surface area contributed by atoms with Crippen molar-refractivity contribution in [1.29, 1.82) is 0 Å². The van der Waals surface area contributed by atoms with E-state index < -0.39 is 11.2 Å². The van der Waals surface area contributed by atoms with E-state index in [1.165, 1.54) is 4.57 Å². The average Bonchev–Trinajstić information content (AvgIpc) is 2.79. The molecule has 0 saturated heterocycles. The van der Waals surface area contributed by atoms with Crippen LogP contribution < -0.4 is 27.2 Å². The van der Waals surface area contributed by atoms with Gasteiger partial charge < -0.3 is 16.0 Å². The summed E-state index contributed by atoms with van der Waals surface area (Å²) >= 11 is 6.13. The van der Waals surface area contributed by atoms with Crippen molar-refractivity contribution >= 4 is 34.7 Å². The van der Waals surface area contributed by atoms with E-state index in [0.29, 0.717) is 23.8 Å². The normalized spacial score (nSPS) is 10.7. The van der Waals surface area contributed by atoms with Gasteiger partial charge in [0, 0.05) is 26.1 Å². The highest BCUT2D eigenvalue weighted by Crippen LogP contribution is 2.22. The van der Waals surface area contributed by atoms with Gasteiger partial charge in [-0.3, -0.25) is 19.1 Å². The first-order valence-corrected chi connectivity index (χ1v) is 11.2. The Morgan fingerprint density at radius 2 is 1.82 bits per heavy atom. The number of nitrogens with zero attached hydrogens (tertiary/aromatic N) is 2. The van der Waals surface area contributed by atoms with E-state index in [1.54, 1.807) is 29.2 Å². The summed E-state index contributed by atoms with van der Waals surface area (Å²) in [6.07, 6.45) is 1.70. The van der Waals surface area contributed by atoms with E-state index in [2.05, 4.69) is 10.3 Å². The second kappa shape index (κ2) is 11.4. The molecule has 0 radical (unpaired) electrons. The Bertz CT molecular complexity index is 1210. The van der Waals surface area contributed by atoms with Gasteiger partial charge in [-0.25, -0.2) is 4.79 Å². The molecule has 0 fully saturated rings. The molecule has 33 heavy (non-hydrogen) atoms. The van der Waals surface area contributed by atoms with Crippen LogP contribution >= 0.6 is 11.6 Å². The molecule has 3 aromatic rings. The van der Waals surface area contributed by atoms with Crippen molar-refractivity contribution in [3.05, 3.63) is 86.0 Å². The molecule has 0 bridgehead atoms. The van der Waals surface area contributed by atoms with Crippen molar-refractivity contribution in [2.24, 2.45) is 0 Å². The third kappa shape index (κ3) is 6.26. The number of para-hydroxylation sites is 1. The first-order chi connectivity index (χ1) is 15.9. The number of amides is 1. The van der Waals surface area contributed by atoms with Crippen LogP contribution in [0.5, 0.6) is 0 Å². The molecule has 0 unspecified atom stereocenters. The number of benzene rings is 2. The minimum atomic E-state index is -0.576. The van der Waals surface area contributed by atoms with Crippen LogP contribution in [0.4, 0.5) is 17.2 Å². The fraction of sp³-hybridized carbons (Fsp3) is 0.292. The summed E-state index contributed by atoms with van der Waals surface area (Å²) in [4.78, 5) is 41.8. The molecule has 4 N–H and O–H groups in total. The predicted molar refractivity (Wildman–Crippen MR) is 133 cm³/mol. The van der Waals surface area contributed by atoms with E-state index in [9.17, 15) is 14.4 Å². The molecule has 0 atom stereocenters. The number of nitrogens with two attached hydrogens (primary N) is 1. The zero-order chi connectivity index (χ0) is 23.8. The minimum absolute atomic E-state index is 0.0883. The van der Waals surface area contributed by atoms with Gasteiger partial charge in [-0.05, 0) is 24.1 Å². The number of nitrogens with one attached hydrogen (secondary N) is 2. The van der Waals surface area contributed by atoms with Crippen LogP contribution in [0, 0.1) is 0 Å². The molecule has 3 rings (SSSR count). The molecule has 2 aromatic carbocycles. The molecule has 174 valence electrons. The molecule has 9 heteroatoms. The standard InChI is InChI=1S/C24H28ClN5O3/c1-2-3-14-30-22(26)21(23(32)28-24(30)33)29(16-17-9-5-4-6-10-17)15-13-20(31)27-19-12-8-7-11-18(19)25/h4-12H,2-3,13-16,26H2,1H3,(H,27,31)(H,28,32,33). The summed E-state index contributed by atoms with van der Waals surface area (Å²) < 4.78 is 1.38. The maximum absolute atomic E-state index is 12.8. The zero-order valence-corrected chi connectivity index (χ0v) is 19.3. The number of aromatic nitrogens is 2. The van der Waals surface area contributed by atoms with Crippen LogP contribution in [0.2, 0.25) is 5.02 Å². The summed E-state index contributed by atoms with van der Waals surface area (Å²) in [5.41, 5.74) is 6.84. The lowest BCUT2D eigenvalue weighted by Gasteiger charge is -2.26. The van der Waals surface area contributed by atoms with Gasteiger partial charge in [0.2, 0.25) is 5.91 Å². The van der Waals surface area contributed by atoms with Crippen LogP contribution in [0.3, 0.4) is 0 Å². The number of anilines is 3. The minimum Gasteiger partial charge on any atom is -0.383 e. The van der Waals surface area contributed by atoms with Crippen molar-refractivity contribution in [3.63, 3.8) is 0 Å². The molecular weight excluding hydrogens is 442 g/mol. The Balaban J connectivity index is 1.89. The van der Waals surface area contributed by atoms with Gasteiger partial charge in [-0.2, -0.15) is 0 Å². The van der Waals surface area contributed by atoms with E-state index in [1.807, 2.05) is 37.3 Å². The Labute approximate surface area is 197 Å². The second-order valence-corrected chi connectivity index (χ2v) is 8.09. The fourth-order valence-corrected chi connectivity index (χ4v) is 3.69. The topological polar surface area (TPSA) is 113 Å². The highest BCUT2D eigenvalue weighted by molar-refractivity contribution is 6.33. The van der Waals surface area contributed by atoms with E-state index in [0.717, 1.165) is 18.4 Å². The maximum atomic E-state index is 12.8. The number of rotatable bonds is 10. The molecule has 0 spiro atoms. The first kappa shape index (κ1) is 24.1. The molecule has 1 heterocycles. The van der Waals surface area contributed by atoms with Crippen LogP contribution in [-0.2, 0) is 17.9 Å². The van der Waals surface area contributed by atoms with Crippen molar-refractivity contribution in [1.82, 2.24) is 9.55 Å². The van der Waals surface area contributed by atoms with Crippen molar-refractivity contribution < 1.29 is 4.79 Å². The summed E-state index contributed by atoms with van der Waals surface area (Å²) in [7, 11) is 0. The lowest BCUT2D eigenvalue weighted by molar-refractivity contribution is -0.116. The van der Waals surface area contributed by atoms with Crippen LogP contribution in [0.15, 0.2) is 64.2 Å². The zero-order valence-electron chi connectivity index (χ0n) is 18.5. The van der Waals surface area contributed by atoms with Gasteiger partial charge in [-0.1, -0.05) is 67.4 Å². The Kier molecular flexibility index (Phi) is 8.32. The molecule has 0 saturated carbocycles. The van der Waals surface area contributed by atoms with Crippen LogP contribution in [0.25, 0.3) is 0 Å². The lowest BCUT2D eigenvalue weighted by Crippen LogP contribution is -2.39. The monoisotopic (exact) mass is 469 g/mol. The summed E-state index contributed by atoms with van der Waals surface area (Å²) in [5.74, 6) is -0.157. The Morgan fingerprint density at radius 3 is 2.52 bits per heavy atom. The predicted octanol–water partition coefficient (Wildman–Crippen LogP) is 3.61. The van der Waals surface area contributed by atoms with Crippen molar-refractivity contribution in [2.75, 3.05) is 22.5 Å². The molecule has 1 aromatic heterocycles. The fourth-order valence-electron chi connectivity index (χ4n) is 3.51. The van der Waals surface area contributed by atoms with E-state index >= 15 is 0 Å². The first-order valence-electron chi connectivity index (χ1n) is 10.9. The number of halogens is 1. The molecule has 1 amide bonds. The van der Waals surface area contributed by atoms with Gasteiger partial charge in [0.15, 0.2) is 0 Å². The van der Waals surface area contributed by atoms with Crippen LogP contribution in [0.1, 0.15) is 31.7 Å². The van der Waals surface area contributed by atoms with Gasteiger partial charge in [-0.15, -0.1) is 0 Å². The summed E-state index contributed by atoms with van der Waals surface area (Å²) in [6.45, 7) is 2.97. The number of nitrogen functional groups attached to an aromatic ring is 1. The van der Waals surface area contributed by atoms with Crippen LogP contribution in [-0.4, -0.2) is 22.0 Å². The summed E-state index contributed by atoms with van der Waals surface area (Å²) in [5, 5.41) is 3.23. The number of aromatic amines is 1. The van der Waals surface area contributed by atoms with E-state index in [-0.39, 0.29) is 30.4 Å². The number of carbonyl (C=O) groups excluding carboxylic acids is 1. The molecule has 0 aliphatic heterocycles. The molecule has 0 aliphatic carbocycles. The Morgan fingerprint density at radius 1 is 1.12 bits per heavy atom.